The number of amides is 1. The fourth-order valence-electron chi connectivity index (χ4n) is 2.41. The first-order valence-corrected chi connectivity index (χ1v) is 6.86. The van der Waals surface area contributed by atoms with Crippen LogP contribution in [0.1, 0.15) is 30.1 Å². The molecule has 0 saturated carbocycles. The van der Waals surface area contributed by atoms with E-state index in [2.05, 4.69) is 17.6 Å². The van der Waals surface area contributed by atoms with E-state index in [4.69, 9.17) is 4.74 Å². The normalized spacial score (nSPS) is 16.7. The van der Waals surface area contributed by atoms with Crippen LogP contribution in [0.2, 0.25) is 0 Å². The van der Waals surface area contributed by atoms with Crippen LogP contribution in [0.3, 0.4) is 0 Å². The van der Waals surface area contributed by atoms with Crippen LogP contribution < -0.4 is 15.4 Å². The molecule has 1 aromatic carbocycles. The van der Waals surface area contributed by atoms with Gasteiger partial charge in [-0.25, -0.2) is 4.39 Å². The van der Waals surface area contributed by atoms with Crippen molar-refractivity contribution < 1.29 is 13.9 Å². The predicted molar refractivity (Wildman–Crippen MR) is 82.7 cm³/mol. The Hall–Kier alpha value is -1.33. The molecule has 0 atom stereocenters. The molecule has 1 amide bonds. The zero-order valence-corrected chi connectivity index (χ0v) is 13.2. The molecule has 1 heterocycles. The molecule has 21 heavy (non-hydrogen) atoms. The number of methoxy groups -OCH3 is 1. The lowest BCUT2D eigenvalue weighted by Gasteiger charge is -2.34. The highest BCUT2D eigenvalue weighted by Crippen LogP contribution is 2.26. The SMILES string of the molecule is COc1ccc(C(=O)NCC2(C)CCNCC2)cc1F.Cl. The fourth-order valence-corrected chi connectivity index (χ4v) is 2.41. The quantitative estimate of drug-likeness (QED) is 0.896. The highest BCUT2D eigenvalue weighted by molar-refractivity contribution is 5.94. The summed E-state index contributed by atoms with van der Waals surface area (Å²) < 4.78 is 18.4. The minimum absolute atomic E-state index is 0. The Balaban J connectivity index is 0.00000220. The molecule has 6 heteroatoms. The average molecular weight is 317 g/mol. The van der Waals surface area contributed by atoms with Gasteiger partial charge in [0.1, 0.15) is 0 Å². The van der Waals surface area contributed by atoms with Gasteiger partial charge in [-0.05, 0) is 49.5 Å². The Bertz CT molecular complexity index is 491. The van der Waals surface area contributed by atoms with Gasteiger partial charge in [0, 0.05) is 12.1 Å². The molecule has 2 rings (SSSR count). The molecule has 1 aliphatic rings. The first kappa shape index (κ1) is 17.7. The van der Waals surface area contributed by atoms with Gasteiger partial charge in [-0.1, -0.05) is 6.92 Å². The van der Waals surface area contributed by atoms with Crippen LogP contribution in [0, 0.1) is 11.2 Å². The third-order valence-electron chi connectivity index (χ3n) is 3.90. The maximum atomic E-state index is 13.6. The largest absolute Gasteiger partial charge is 0.494 e. The maximum Gasteiger partial charge on any atom is 0.251 e. The molecule has 0 unspecified atom stereocenters. The van der Waals surface area contributed by atoms with Crippen LogP contribution in [-0.2, 0) is 0 Å². The Morgan fingerprint density at radius 1 is 1.43 bits per heavy atom. The van der Waals surface area contributed by atoms with Gasteiger partial charge in [-0.2, -0.15) is 0 Å². The number of rotatable bonds is 4. The number of carbonyl (C=O) groups excluding carboxylic acids is 1. The van der Waals surface area contributed by atoms with Crippen LogP contribution >= 0.6 is 12.4 Å². The molecule has 1 aromatic rings. The standard InChI is InChI=1S/C15H21FN2O2.ClH/c1-15(5-7-17-8-6-15)10-18-14(19)11-3-4-13(20-2)12(16)9-11;/h3-4,9,17H,5-8,10H2,1-2H3,(H,18,19);1H. The van der Waals surface area contributed by atoms with E-state index in [0.29, 0.717) is 12.1 Å². The number of ether oxygens (including phenoxy) is 1. The summed E-state index contributed by atoms with van der Waals surface area (Å²) in [7, 11) is 1.40. The molecule has 0 spiro atoms. The number of hydrogen-bond donors (Lipinski definition) is 2. The smallest absolute Gasteiger partial charge is 0.251 e. The van der Waals surface area contributed by atoms with Crippen LogP contribution in [-0.4, -0.2) is 32.7 Å². The number of piperidine rings is 1. The highest BCUT2D eigenvalue weighted by atomic mass is 35.5. The lowest BCUT2D eigenvalue weighted by molar-refractivity contribution is 0.0921. The van der Waals surface area contributed by atoms with Gasteiger partial charge in [0.2, 0.25) is 0 Å². The van der Waals surface area contributed by atoms with Gasteiger partial charge in [0.05, 0.1) is 7.11 Å². The maximum absolute atomic E-state index is 13.6. The second kappa shape index (κ2) is 7.61. The Labute approximate surface area is 130 Å². The van der Waals surface area contributed by atoms with E-state index >= 15 is 0 Å². The Morgan fingerprint density at radius 3 is 2.67 bits per heavy atom. The van der Waals surface area contributed by atoms with Crippen LogP contribution in [0.25, 0.3) is 0 Å². The average Bonchev–Trinajstić information content (AvgIpc) is 2.45. The third-order valence-corrected chi connectivity index (χ3v) is 3.90. The fraction of sp³-hybridized carbons (Fsp3) is 0.533. The molecule has 1 aliphatic heterocycles. The van der Waals surface area contributed by atoms with Gasteiger partial charge in [-0.15, -0.1) is 12.4 Å². The van der Waals surface area contributed by atoms with E-state index in [1.807, 2.05) is 0 Å². The second-order valence-corrected chi connectivity index (χ2v) is 5.59. The van der Waals surface area contributed by atoms with Crippen molar-refractivity contribution in [1.82, 2.24) is 10.6 Å². The first-order chi connectivity index (χ1) is 9.54. The van der Waals surface area contributed by atoms with Gasteiger partial charge < -0.3 is 15.4 Å². The van der Waals surface area contributed by atoms with Gasteiger partial charge in [-0.3, -0.25) is 4.79 Å². The number of halogens is 2. The van der Waals surface area contributed by atoms with E-state index in [0.717, 1.165) is 25.9 Å². The topological polar surface area (TPSA) is 50.4 Å². The van der Waals surface area contributed by atoms with Gasteiger partial charge in [0.25, 0.3) is 5.91 Å². The molecule has 0 radical (unpaired) electrons. The van der Waals surface area contributed by atoms with Crippen molar-refractivity contribution in [3.63, 3.8) is 0 Å². The molecule has 0 bridgehead atoms. The highest BCUT2D eigenvalue weighted by Gasteiger charge is 2.27. The van der Waals surface area contributed by atoms with E-state index in [9.17, 15) is 9.18 Å². The van der Waals surface area contributed by atoms with Crippen molar-refractivity contribution in [1.29, 1.82) is 0 Å². The van der Waals surface area contributed by atoms with Crippen molar-refractivity contribution in [2.75, 3.05) is 26.7 Å². The van der Waals surface area contributed by atoms with E-state index < -0.39 is 5.82 Å². The molecule has 2 N–H and O–H groups in total. The third kappa shape index (κ3) is 4.58. The van der Waals surface area contributed by atoms with Crippen molar-refractivity contribution in [3.05, 3.63) is 29.6 Å². The molecule has 1 fully saturated rings. The molecular formula is C15H22ClFN2O2. The van der Waals surface area contributed by atoms with Crippen molar-refractivity contribution in [2.24, 2.45) is 5.41 Å². The van der Waals surface area contributed by atoms with Crippen LogP contribution in [0.5, 0.6) is 5.75 Å². The minimum atomic E-state index is -0.520. The molecule has 0 aliphatic carbocycles. The van der Waals surface area contributed by atoms with E-state index in [1.165, 1.54) is 19.2 Å². The zero-order chi connectivity index (χ0) is 14.6. The van der Waals surface area contributed by atoms with Gasteiger partial charge in [0.15, 0.2) is 11.6 Å². The lowest BCUT2D eigenvalue weighted by Crippen LogP contribution is -2.42. The molecule has 4 nitrogen and oxygen atoms in total. The molecule has 0 aromatic heterocycles. The van der Waals surface area contributed by atoms with Crippen LogP contribution in [0.15, 0.2) is 18.2 Å². The molecule has 118 valence electrons. The van der Waals surface area contributed by atoms with Gasteiger partial charge >= 0.3 is 0 Å². The second-order valence-electron chi connectivity index (χ2n) is 5.59. The Kier molecular flexibility index (Phi) is 6.42. The summed E-state index contributed by atoms with van der Waals surface area (Å²) in [6.45, 7) is 4.73. The van der Waals surface area contributed by atoms with E-state index in [-0.39, 0.29) is 29.5 Å². The van der Waals surface area contributed by atoms with Crippen molar-refractivity contribution in [2.45, 2.75) is 19.8 Å². The summed E-state index contributed by atoms with van der Waals surface area (Å²) in [6, 6.07) is 4.25. The van der Waals surface area contributed by atoms with Crippen LogP contribution in [0.4, 0.5) is 4.39 Å². The number of nitrogens with one attached hydrogen (secondary N) is 2. The summed E-state index contributed by atoms with van der Waals surface area (Å²) >= 11 is 0. The summed E-state index contributed by atoms with van der Waals surface area (Å²) in [5.41, 5.74) is 0.437. The summed E-state index contributed by atoms with van der Waals surface area (Å²) in [5.74, 6) is -0.619. The number of carbonyl (C=O) groups is 1. The molecule has 1 saturated heterocycles. The summed E-state index contributed by atoms with van der Waals surface area (Å²) in [4.78, 5) is 12.0. The monoisotopic (exact) mass is 316 g/mol. The zero-order valence-electron chi connectivity index (χ0n) is 12.4. The summed E-state index contributed by atoms with van der Waals surface area (Å²) in [6.07, 6.45) is 2.06. The molecular weight excluding hydrogens is 295 g/mol. The van der Waals surface area contributed by atoms with Crippen molar-refractivity contribution in [3.8, 4) is 5.75 Å². The first-order valence-electron chi connectivity index (χ1n) is 6.86. The lowest BCUT2D eigenvalue weighted by atomic mass is 9.81. The number of benzene rings is 1. The predicted octanol–water partition coefficient (Wildman–Crippen LogP) is 2.38. The Morgan fingerprint density at radius 2 is 2.10 bits per heavy atom. The summed E-state index contributed by atoms with van der Waals surface area (Å²) in [5, 5.41) is 6.20. The van der Waals surface area contributed by atoms with Crippen molar-refractivity contribution >= 4 is 18.3 Å². The minimum Gasteiger partial charge on any atom is -0.494 e. The number of hydrogen-bond acceptors (Lipinski definition) is 3. The van der Waals surface area contributed by atoms with E-state index in [1.54, 1.807) is 6.07 Å².